The predicted octanol–water partition coefficient (Wildman–Crippen LogP) is 3.60. The summed E-state index contributed by atoms with van der Waals surface area (Å²) in [5.74, 6) is 1.89. The standard InChI is InChI=1S/C24H28N2O5/c1-15-10-16(2)23(17(3)11-15)29-13-22(27)26-8-6-18(7-9-26)24(28)25-19-4-5-20-21(12-19)31-14-30-20/h4-5,10-12,18H,6-9,13-14H2,1-3H3,(H,25,28). The first-order chi connectivity index (χ1) is 14.9. The molecule has 2 aliphatic rings. The molecule has 0 unspecified atom stereocenters. The van der Waals surface area contributed by atoms with Crippen LogP contribution in [0.4, 0.5) is 5.69 Å². The second-order valence-electron chi connectivity index (χ2n) is 8.23. The van der Waals surface area contributed by atoms with Gasteiger partial charge in [0.2, 0.25) is 12.7 Å². The summed E-state index contributed by atoms with van der Waals surface area (Å²) in [5, 5.41) is 2.95. The van der Waals surface area contributed by atoms with Gasteiger partial charge in [-0.15, -0.1) is 0 Å². The van der Waals surface area contributed by atoms with Crippen molar-refractivity contribution in [2.75, 3.05) is 31.8 Å². The number of carbonyl (C=O) groups is 2. The monoisotopic (exact) mass is 424 g/mol. The largest absolute Gasteiger partial charge is 0.483 e. The van der Waals surface area contributed by atoms with Gasteiger partial charge in [0.05, 0.1) is 0 Å². The Morgan fingerprint density at radius 1 is 1.03 bits per heavy atom. The zero-order valence-corrected chi connectivity index (χ0v) is 18.2. The van der Waals surface area contributed by atoms with E-state index in [2.05, 4.69) is 17.4 Å². The van der Waals surface area contributed by atoms with Crippen LogP contribution in [-0.4, -0.2) is 43.2 Å². The van der Waals surface area contributed by atoms with E-state index in [1.807, 2.05) is 20.8 Å². The van der Waals surface area contributed by atoms with E-state index < -0.39 is 0 Å². The number of nitrogens with one attached hydrogen (secondary N) is 1. The third-order valence-corrected chi connectivity index (χ3v) is 5.80. The molecule has 164 valence electrons. The van der Waals surface area contributed by atoms with E-state index in [-0.39, 0.29) is 31.1 Å². The number of amides is 2. The average Bonchev–Trinajstić information content (AvgIpc) is 3.21. The van der Waals surface area contributed by atoms with Crippen LogP contribution >= 0.6 is 0 Å². The molecule has 31 heavy (non-hydrogen) atoms. The molecule has 0 aromatic heterocycles. The van der Waals surface area contributed by atoms with E-state index in [9.17, 15) is 9.59 Å². The van der Waals surface area contributed by atoms with Gasteiger partial charge in [0, 0.05) is 30.8 Å². The zero-order chi connectivity index (χ0) is 22.0. The van der Waals surface area contributed by atoms with Crippen molar-refractivity contribution < 1.29 is 23.8 Å². The molecular formula is C24H28N2O5. The number of fused-ring (bicyclic) bond motifs is 1. The molecule has 2 aromatic carbocycles. The Balaban J connectivity index is 1.26. The number of anilines is 1. The summed E-state index contributed by atoms with van der Waals surface area (Å²) in [7, 11) is 0. The summed E-state index contributed by atoms with van der Waals surface area (Å²) >= 11 is 0. The Kier molecular flexibility index (Phi) is 6.02. The highest BCUT2D eigenvalue weighted by Gasteiger charge is 2.28. The predicted molar refractivity (Wildman–Crippen MR) is 117 cm³/mol. The number of nitrogens with zero attached hydrogens (tertiary/aromatic N) is 1. The van der Waals surface area contributed by atoms with Crippen LogP contribution in [0.25, 0.3) is 0 Å². The molecule has 0 radical (unpaired) electrons. The second-order valence-corrected chi connectivity index (χ2v) is 8.23. The van der Waals surface area contributed by atoms with Gasteiger partial charge in [0.1, 0.15) is 5.75 Å². The smallest absolute Gasteiger partial charge is 0.260 e. The van der Waals surface area contributed by atoms with E-state index in [0.29, 0.717) is 43.1 Å². The molecule has 0 atom stereocenters. The van der Waals surface area contributed by atoms with Crippen molar-refractivity contribution in [2.24, 2.45) is 5.92 Å². The van der Waals surface area contributed by atoms with Crippen LogP contribution in [0, 0.1) is 26.7 Å². The first-order valence-corrected chi connectivity index (χ1v) is 10.6. The van der Waals surface area contributed by atoms with Gasteiger partial charge in [-0.2, -0.15) is 0 Å². The van der Waals surface area contributed by atoms with Crippen LogP contribution in [0.2, 0.25) is 0 Å². The van der Waals surface area contributed by atoms with Gasteiger partial charge in [-0.3, -0.25) is 9.59 Å². The topological polar surface area (TPSA) is 77.1 Å². The van der Waals surface area contributed by atoms with Crippen molar-refractivity contribution in [1.82, 2.24) is 4.90 Å². The van der Waals surface area contributed by atoms with Crippen LogP contribution in [0.1, 0.15) is 29.5 Å². The summed E-state index contributed by atoms with van der Waals surface area (Å²) < 4.78 is 16.5. The number of hydrogen-bond donors (Lipinski definition) is 1. The molecule has 7 nitrogen and oxygen atoms in total. The molecule has 2 amide bonds. The summed E-state index contributed by atoms with van der Waals surface area (Å²) in [6, 6.07) is 9.46. The Hall–Kier alpha value is -3.22. The molecule has 2 heterocycles. The van der Waals surface area contributed by atoms with Crippen molar-refractivity contribution in [3.63, 3.8) is 0 Å². The zero-order valence-electron chi connectivity index (χ0n) is 18.2. The van der Waals surface area contributed by atoms with Crippen molar-refractivity contribution in [3.05, 3.63) is 47.0 Å². The first-order valence-electron chi connectivity index (χ1n) is 10.6. The van der Waals surface area contributed by atoms with Crippen LogP contribution in [0.15, 0.2) is 30.3 Å². The van der Waals surface area contributed by atoms with Crippen molar-refractivity contribution in [3.8, 4) is 17.2 Å². The number of ether oxygens (including phenoxy) is 3. The molecule has 1 N–H and O–H groups in total. The van der Waals surface area contributed by atoms with Crippen LogP contribution < -0.4 is 19.5 Å². The summed E-state index contributed by atoms with van der Waals surface area (Å²) in [4.78, 5) is 27.0. The van der Waals surface area contributed by atoms with Crippen molar-refractivity contribution in [1.29, 1.82) is 0 Å². The molecule has 7 heteroatoms. The number of carbonyl (C=O) groups excluding carboxylic acids is 2. The normalized spacial score (nSPS) is 15.6. The van der Waals surface area contributed by atoms with Gasteiger partial charge in [0.15, 0.2) is 18.1 Å². The number of rotatable bonds is 5. The third kappa shape index (κ3) is 4.76. The highest BCUT2D eigenvalue weighted by atomic mass is 16.7. The maximum atomic E-state index is 12.6. The number of hydrogen-bond acceptors (Lipinski definition) is 5. The molecule has 0 saturated carbocycles. The van der Waals surface area contributed by atoms with Crippen LogP contribution in [0.3, 0.4) is 0 Å². The molecule has 0 spiro atoms. The van der Waals surface area contributed by atoms with Gasteiger partial charge < -0.3 is 24.4 Å². The molecule has 0 bridgehead atoms. The van der Waals surface area contributed by atoms with Crippen LogP contribution in [0.5, 0.6) is 17.2 Å². The number of piperidine rings is 1. The average molecular weight is 424 g/mol. The Morgan fingerprint density at radius 3 is 2.42 bits per heavy atom. The van der Waals surface area contributed by atoms with Gasteiger partial charge in [-0.1, -0.05) is 17.7 Å². The fourth-order valence-corrected chi connectivity index (χ4v) is 4.23. The number of aryl methyl sites for hydroxylation is 3. The maximum Gasteiger partial charge on any atom is 0.260 e. The first kappa shape index (κ1) is 21.0. The number of benzene rings is 2. The number of likely N-dealkylation sites (tertiary alicyclic amines) is 1. The second kappa shape index (κ2) is 8.88. The Morgan fingerprint density at radius 2 is 1.71 bits per heavy atom. The van der Waals surface area contributed by atoms with E-state index in [1.54, 1.807) is 23.1 Å². The van der Waals surface area contributed by atoms with E-state index in [0.717, 1.165) is 16.9 Å². The fourth-order valence-electron chi connectivity index (χ4n) is 4.23. The molecule has 4 rings (SSSR count). The molecular weight excluding hydrogens is 396 g/mol. The Labute approximate surface area is 182 Å². The fraction of sp³-hybridized carbons (Fsp3) is 0.417. The lowest BCUT2D eigenvalue weighted by atomic mass is 9.95. The molecule has 1 fully saturated rings. The summed E-state index contributed by atoms with van der Waals surface area (Å²) in [5.41, 5.74) is 3.92. The van der Waals surface area contributed by atoms with E-state index >= 15 is 0 Å². The lowest BCUT2D eigenvalue weighted by Crippen LogP contribution is -2.43. The van der Waals surface area contributed by atoms with E-state index in [4.69, 9.17) is 14.2 Å². The highest BCUT2D eigenvalue weighted by Crippen LogP contribution is 2.34. The van der Waals surface area contributed by atoms with Crippen molar-refractivity contribution in [2.45, 2.75) is 33.6 Å². The third-order valence-electron chi connectivity index (χ3n) is 5.80. The Bertz CT molecular complexity index is 972. The van der Waals surface area contributed by atoms with E-state index in [1.165, 1.54) is 5.56 Å². The van der Waals surface area contributed by atoms with Gasteiger partial charge >= 0.3 is 0 Å². The maximum absolute atomic E-state index is 12.6. The minimum absolute atomic E-state index is 0.0127. The van der Waals surface area contributed by atoms with Crippen LogP contribution in [-0.2, 0) is 9.59 Å². The highest BCUT2D eigenvalue weighted by molar-refractivity contribution is 5.93. The quantitative estimate of drug-likeness (QED) is 0.794. The summed E-state index contributed by atoms with van der Waals surface area (Å²) in [6.45, 7) is 7.33. The van der Waals surface area contributed by atoms with Gasteiger partial charge in [-0.05, 0) is 56.9 Å². The molecule has 2 aromatic rings. The lowest BCUT2D eigenvalue weighted by molar-refractivity contribution is -0.136. The van der Waals surface area contributed by atoms with Gasteiger partial charge in [0.25, 0.3) is 5.91 Å². The minimum Gasteiger partial charge on any atom is -0.483 e. The van der Waals surface area contributed by atoms with Crippen molar-refractivity contribution >= 4 is 17.5 Å². The van der Waals surface area contributed by atoms with Gasteiger partial charge in [-0.25, -0.2) is 0 Å². The molecule has 0 aliphatic carbocycles. The minimum atomic E-state index is -0.128. The molecule has 1 saturated heterocycles. The lowest BCUT2D eigenvalue weighted by Gasteiger charge is -2.31. The molecule has 2 aliphatic heterocycles. The summed E-state index contributed by atoms with van der Waals surface area (Å²) in [6.07, 6.45) is 1.26. The SMILES string of the molecule is Cc1cc(C)c(OCC(=O)N2CCC(C(=O)Nc3ccc4c(c3)OCO4)CC2)c(C)c1.